The van der Waals surface area contributed by atoms with Gasteiger partial charge in [-0.25, -0.2) is 4.98 Å². The van der Waals surface area contributed by atoms with E-state index in [2.05, 4.69) is 9.71 Å². The minimum absolute atomic E-state index is 0.131. The van der Waals surface area contributed by atoms with Gasteiger partial charge in [0.25, 0.3) is 21.8 Å². The van der Waals surface area contributed by atoms with Crippen molar-refractivity contribution < 1.29 is 32.6 Å². The number of anilines is 1. The van der Waals surface area contributed by atoms with E-state index in [1.165, 1.54) is 23.2 Å². The van der Waals surface area contributed by atoms with Crippen LogP contribution in [0.3, 0.4) is 0 Å². The number of aromatic nitrogens is 2. The number of sulfonamides is 1. The van der Waals surface area contributed by atoms with Crippen LogP contribution in [0.5, 0.6) is 5.75 Å². The van der Waals surface area contributed by atoms with Crippen LogP contribution < -0.4 is 9.46 Å². The highest BCUT2D eigenvalue weighted by molar-refractivity contribution is 7.92. The van der Waals surface area contributed by atoms with Crippen LogP contribution in [0, 0.1) is 5.92 Å². The molecule has 4 atom stereocenters. The number of fused-ring (bicyclic) bond motifs is 1. The Balaban J connectivity index is 1.66. The smallest absolute Gasteiger partial charge is 0.280 e. The molecule has 2 heterocycles. The minimum atomic E-state index is -4.02. The second-order valence-corrected chi connectivity index (χ2v) is 13.7. The normalized spacial score (nSPS) is 20.6. The summed E-state index contributed by atoms with van der Waals surface area (Å²) in [5.41, 5.74) is 0.901. The average molecular weight is 656 g/mol. The van der Waals surface area contributed by atoms with E-state index in [0.29, 0.717) is 30.9 Å². The molecule has 2 N–H and O–H groups in total. The molecule has 0 saturated heterocycles. The number of imidazole rings is 1. The van der Waals surface area contributed by atoms with Gasteiger partial charge in [0.05, 0.1) is 36.7 Å². The second-order valence-electron chi connectivity index (χ2n) is 12.0. The molecule has 0 unspecified atom stereocenters. The second kappa shape index (κ2) is 15.6. The van der Waals surface area contributed by atoms with Gasteiger partial charge in [0, 0.05) is 57.2 Å². The molecule has 46 heavy (non-hydrogen) atoms. The summed E-state index contributed by atoms with van der Waals surface area (Å²) in [5.74, 6) is -0.479. The summed E-state index contributed by atoms with van der Waals surface area (Å²) in [6.45, 7) is 6.31. The third-order valence-corrected chi connectivity index (χ3v) is 9.35. The molecule has 4 rings (SSSR count). The van der Waals surface area contributed by atoms with E-state index >= 15 is 0 Å². The Morgan fingerprint density at radius 3 is 2.59 bits per heavy atom. The maximum absolute atomic E-state index is 14.3. The Hall–Kier alpha value is -3.94. The number of likely N-dealkylation sites (N-methyl/N-ethyl adjacent to an activating group) is 1. The summed E-state index contributed by atoms with van der Waals surface area (Å²) in [7, 11) is -0.618. The molecule has 13 heteroatoms. The summed E-state index contributed by atoms with van der Waals surface area (Å²) in [6, 6.07) is 13.1. The molecule has 2 amide bonds. The van der Waals surface area contributed by atoms with Crippen molar-refractivity contribution in [3.05, 3.63) is 72.2 Å². The zero-order valence-electron chi connectivity index (χ0n) is 27.1. The van der Waals surface area contributed by atoms with E-state index < -0.39 is 28.1 Å². The fourth-order valence-electron chi connectivity index (χ4n) is 5.34. The number of hydrogen-bond acceptors (Lipinski definition) is 8. The number of aliphatic hydroxyl groups is 1. The molecule has 0 fully saturated rings. The molecular formula is C33H45N5O7S. The van der Waals surface area contributed by atoms with Crippen molar-refractivity contribution >= 4 is 27.5 Å². The zero-order chi connectivity index (χ0) is 33.4. The number of carbonyl (C=O) groups is 2. The van der Waals surface area contributed by atoms with Crippen molar-refractivity contribution in [2.24, 2.45) is 13.0 Å². The quantitative estimate of drug-likeness (QED) is 0.373. The van der Waals surface area contributed by atoms with Crippen molar-refractivity contribution in [1.82, 2.24) is 19.4 Å². The topological polar surface area (TPSA) is 143 Å². The van der Waals surface area contributed by atoms with Crippen LogP contribution in [0.15, 0.2) is 66.1 Å². The molecule has 1 aromatic heterocycles. The SMILES string of the molecule is C[C@H]1CCCCO[C@@H](CN(C)C(=O)c2ccccc2)[C@@H](C)CN([C@@H](C)CO)C(=O)c2cc(NS(=O)(=O)c3cn(C)cn3)ccc2O1. The predicted molar refractivity (Wildman–Crippen MR) is 174 cm³/mol. The van der Waals surface area contributed by atoms with Gasteiger partial charge >= 0.3 is 0 Å². The monoisotopic (exact) mass is 655 g/mol. The summed E-state index contributed by atoms with van der Waals surface area (Å²) < 4.78 is 42.7. The Labute approximate surface area is 271 Å². The Kier molecular flexibility index (Phi) is 11.8. The highest BCUT2D eigenvalue weighted by Gasteiger charge is 2.31. The lowest BCUT2D eigenvalue weighted by molar-refractivity contribution is -0.0149. The summed E-state index contributed by atoms with van der Waals surface area (Å²) in [4.78, 5) is 34.6. The number of ether oxygens (including phenoxy) is 2. The van der Waals surface area contributed by atoms with Crippen molar-refractivity contribution in [1.29, 1.82) is 0 Å². The third-order valence-electron chi connectivity index (χ3n) is 8.08. The maximum Gasteiger partial charge on any atom is 0.280 e. The van der Waals surface area contributed by atoms with Crippen molar-refractivity contribution in [3.63, 3.8) is 0 Å². The Morgan fingerprint density at radius 1 is 1.17 bits per heavy atom. The fraction of sp³-hybridized carbons (Fsp3) is 0.485. The summed E-state index contributed by atoms with van der Waals surface area (Å²) >= 11 is 0. The van der Waals surface area contributed by atoms with Crippen molar-refractivity contribution in [3.8, 4) is 5.75 Å². The van der Waals surface area contributed by atoms with E-state index in [1.807, 2.05) is 32.0 Å². The van der Waals surface area contributed by atoms with E-state index in [4.69, 9.17) is 9.47 Å². The van der Waals surface area contributed by atoms with Crippen LogP contribution in [0.4, 0.5) is 5.69 Å². The Morgan fingerprint density at radius 2 is 1.91 bits per heavy atom. The van der Waals surface area contributed by atoms with Gasteiger partial charge in [0.15, 0.2) is 5.03 Å². The average Bonchev–Trinajstić information content (AvgIpc) is 3.49. The van der Waals surface area contributed by atoms with Crippen LogP contribution in [-0.4, -0.2) is 96.3 Å². The molecule has 0 saturated carbocycles. The molecular weight excluding hydrogens is 610 g/mol. The molecule has 0 spiro atoms. The molecule has 250 valence electrons. The molecule has 1 aliphatic heterocycles. The Bertz CT molecular complexity index is 1580. The number of nitrogens with zero attached hydrogens (tertiary/aromatic N) is 4. The first-order valence-electron chi connectivity index (χ1n) is 15.5. The number of aliphatic hydroxyl groups excluding tert-OH is 1. The number of carbonyl (C=O) groups excluding carboxylic acids is 2. The molecule has 2 aromatic carbocycles. The lowest BCUT2D eigenvalue weighted by Gasteiger charge is -2.36. The number of aryl methyl sites for hydroxylation is 1. The predicted octanol–water partition coefficient (Wildman–Crippen LogP) is 3.79. The van der Waals surface area contributed by atoms with Gasteiger partial charge in [-0.05, 0) is 63.4 Å². The number of rotatable bonds is 8. The van der Waals surface area contributed by atoms with Crippen molar-refractivity contribution in [2.75, 3.05) is 38.1 Å². The molecule has 3 aromatic rings. The number of hydrogen-bond donors (Lipinski definition) is 2. The van der Waals surface area contributed by atoms with Crippen LogP contribution >= 0.6 is 0 Å². The minimum Gasteiger partial charge on any atom is -0.490 e. The van der Waals surface area contributed by atoms with Gasteiger partial charge in [0.1, 0.15) is 5.75 Å². The standard InChI is InChI=1S/C33H45N5O7S/c1-23-18-38(24(2)21-39)33(41)28-17-27(35-46(42,43)31-20-36(4)22-34-31)14-15-29(28)45-25(3)11-9-10-16-44-30(23)19-37(5)32(40)26-12-7-6-8-13-26/h6-8,12-15,17,20,22-25,30,35,39H,9-11,16,18-19,21H2,1-5H3/t23-,24-,25-,30-/m0/s1. The largest absolute Gasteiger partial charge is 0.490 e. The molecule has 0 bridgehead atoms. The summed E-state index contributed by atoms with van der Waals surface area (Å²) in [5, 5.41) is 10.0. The van der Waals surface area contributed by atoms with Crippen molar-refractivity contribution in [2.45, 2.75) is 63.3 Å². The first kappa shape index (κ1) is 34.9. The third kappa shape index (κ3) is 8.86. The van der Waals surface area contributed by atoms with E-state index in [-0.39, 0.29) is 47.4 Å². The van der Waals surface area contributed by atoms with Crippen LogP contribution in [-0.2, 0) is 21.8 Å². The van der Waals surface area contributed by atoms with Gasteiger partial charge in [-0.2, -0.15) is 8.42 Å². The molecule has 1 aliphatic rings. The van der Waals surface area contributed by atoms with Gasteiger partial charge in [0.2, 0.25) is 0 Å². The van der Waals surface area contributed by atoms with Gasteiger partial charge in [-0.3, -0.25) is 14.3 Å². The van der Waals surface area contributed by atoms with E-state index in [0.717, 1.165) is 12.8 Å². The summed E-state index contributed by atoms with van der Waals surface area (Å²) in [6.07, 6.45) is 4.44. The number of benzene rings is 2. The molecule has 0 radical (unpaired) electrons. The van der Waals surface area contributed by atoms with Gasteiger partial charge in [-0.15, -0.1) is 0 Å². The first-order valence-corrected chi connectivity index (χ1v) is 17.0. The zero-order valence-corrected chi connectivity index (χ0v) is 27.9. The number of amides is 2. The highest BCUT2D eigenvalue weighted by atomic mass is 32.2. The van der Waals surface area contributed by atoms with E-state index in [1.54, 1.807) is 55.1 Å². The fourth-order valence-corrected chi connectivity index (χ4v) is 6.37. The van der Waals surface area contributed by atoms with Crippen LogP contribution in [0.1, 0.15) is 60.7 Å². The maximum atomic E-state index is 14.3. The lowest BCUT2D eigenvalue weighted by atomic mass is 10.0. The molecule has 12 nitrogen and oxygen atoms in total. The van der Waals surface area contributed by atoms with E-state index in [9.17, 15) is 23.1 Å². The lowest BCUT2D eigenvalue weighted by Crippen LogP contribution is -2.48. The first-order chi connectivity index (χ1) is 21.9. The van der Waals surface area contributed by atoms with Crippen LogP contribution in [0.25, 0.3) is 0 Å². The highest BCUT2D eigenvalue weighted by Crippen LogP contribution is 2.29. The van der Waals surface area contributed by atoms with Gasteiger partial charge in [-0.1, -0.05) is 25.1 Å². The van der Waals surface area contributed by atoms with Gasteiger partial charge < -0.3 is 28.9 Å². The van der Waals surface area contributed by atoms with Crippen LogP contribution in [0.2, 0.25) is 0 Å². The molecule has 0 aliphatic carbocycles. The number of nitrogens with one attached hydrogen (secondary N) is 1.